The molecule has 0 amide bonds. The molecule has 0 aromatic heterocycles. The third-order valence-electron chi connectivity index (χ3n) is 2.66. The summed E-state index contributed by atoms with van der Waals surface area (Å²) in [7, 11) is 0. The van der Waals surface area contributed by atoms with Gasteiger partial charge in [-0.05, 0) is 43.9 Å². The van der Waals surface area contributed by atoms with E-state index in [9.17, 15) is 0 Å². The van der Waals surface area contributed by atoms with Crippen LogP contribution in [0.15, 0.2) is 35.0 Å². The van der Waals surface area contributed by atoms with Crippen LogP contribution in [0.25, 0.3) is 5.57 Å². The zero-order valence-corrected chi connectivity index (χ0v) is 10.0. The van der Waals surface area contributed by atoms with Gasteiger partial charge in [0.25, 0.3) is 0 Å². The molecule has 0 spiro atoms. The Morgan fingerprint density at radius 2 is 1.80 bits per heavy atom. The lowest BCUT2D eigenvalue weighted by Crippen LogP contribution is -1.85. The highest BCUT2D eigenvalue weighted by Crippen LogP contribution is 2.19. The standard InChI is InChI=1S/C14H19N/c1-5-13-7-9-14(10-8-13)11(3)12(4)15-6-2/h6-10H,5H2,1-4H3/b12-11+,15-6?. The van der Waals surface area contributed by atoms with Crippen LogP contribution in [0.3, 0.4) is 0 Å². The van der Waals surface area contributed by atoms with E-state index in [4.69, 9.17) is 0 Å². The molecule has 0 bridgehead atoms. The molecule has 1 heteroatoms. The van der Waals surface area contributed by atoms with Gasteiger partial charge in [-0.2, -0.15) is 0 Å². The molecule has 0 fully saturated rings. The van der Waals surface area contributed by atoms with Crippen molar-refractivity contribution in [3.05, 3.63) is 41.1 Å². The molecule has 1 aromatic rings. The maximum absolute atomic E-state index is 4.30. The van der Waals surface area contributed by atoms with Gasteiger partial charge in [0.1, 0.15) is 0 Å². The summed E-state index contributed by atoms with van der Waals surface area (Å²) >= 11 is 0. The first-order valence-electron chi connectivity index (χ1n) is 5.44. The second-order valence-corrected chi connectivity index (χ2v) is 3.65. The predicted molar refractivity (Wildman–Crippen MR) is 68.3 cm³/mol. The van der Waals surface area contributed by atoms with E-state index >= 15 is 0 Å². The zero-order chi connectivity index (χ0) is 11.3. The van der Waals surface area contributed by atoms with Crippen LogP contribution in [0.1, 0.15) is 38.8 Å². The van der Waals surface area contributed by atoms with Crippen molar-refractivity contribution in [2.24, 2.45) is 4.99 Å². The number of aliphatic imine (C=N–C) groups is 1. The van der Waals surface area contributed by atoms with Crippen LogP contribution in [0, 0.1) is 0 Å². The molecule has 80 valence electrons. The minimum Gasteiger partial charge on any atom is -0.266 e. The Morgan fingerprint density at radius 1 is 1.20 bits per heavy atom. The van der Waals surface area contributed by atoms with Crippen LogP contribution in [0.4, 0.5) is 0 Å². The first-order chi connectivity index (χ1) is 7.19. The molecule has 0 N–H and O–H groups in total. The minimum atomic E-state index is 1.08. The lowest BCUT2D eigenvalue weighted by atomic mass is 10.0. The van der Waals surface area contributed by atoms with Crippen LogP contribution in [-0.4, -0.2) is 6.21 Å². The third kappa shape index (κ3) is 3.05. The minimum absolute atomic E-state index is 1.08. The van der Waals surface area contributed by atoms with Gasteiger partial charge in [-0.3, -0.25) is 4.99 Å². The van der Waals surface area contributed by atoms with Crippen molar-refractivity contribution < 1.29 is 0 Å². The molecule has 1 nitrogen and oxygen atoms in total. The van der Waals surface area contributed by atoms with E-state index in [1.54, 1.807) is 0 Å². The summed E-state index contributed by atoms with van der Waals surface area (Å²) in [5, 5.41) is 0. The van der Waals surface area contributed by atoms with Crippen molar-refractivity contribution in [2.75, 3.05) is 0 Å². The van der Waals surface area contributed by atoms with Crippen molar-refractivity contribution in [3.63, 3.8) is 0 Å². The molecule has 0 unspecified atom stereocenters. The monoisotopic (exact) mass is 201 g/mol. The van der Waals surface area contributed by atoms with Crippen molar-refractivity contribution >= 4 is 11.8 Å². The van der Waals surface area contributed by atoms with Gasteiger partial charge in [-0.1, -0.05) is 31.2 Å². The van der Waals surface area contributed by atoms with Gasteiger partial charge in [0, 0.05) is 11.9 Å². The summed E-state index contributed by atoms with van der Waals surface area (Å²) in [5.74, 6) is 0. The van der Waals surface area contributed by atoms with E-state index < -0.39 is 0 Å². The second kappa shape index (κ2) is 5.50. The number of benzene rings is 1. The SMILES string of the molecule is CC=N/C(C)=C(\C)c1ccc(CC)cc1. The van der Waals surface area contributed by atoms with E-state index in [0.717, 1.165) is 12.1 Å². The van der Waals surface area contributed by atoms with E-state index in [-0.39, 0.29) is 0 Å². The number of allylic oxidation sites excluding steroid dienone is 2. The van der Waals surface area contributed by atoms with Crippen LogP contribution >= 0.6 is 0 Å². The zero-order valence-electron chi connectivity index (χ0n) is 10.0. The molecule has 0 saturated heterocycles. The molecule has 0 heterocycles. The van der Waals surface area contributed by atoms with Crippen LogP contribution < -0.4 is 0 Å². The summed E-state index contributed by atoms with van der Waals surface area (Å²) in [6.07, 6.45) is 2.92. The Hall–Kier alpha value is -1.37. The van der Waals surface area contributed by atoms with Crippen molar-refractivity contribution in [2.45, 2.75) is 34.1 Å². The van der Waals surface area contributed by atoms with Gasteiger partial charge in [-0.25, -0.2) is 0 Å². The Bertz CT molecular complexity index is 369. The Labute approximate surface area is 92.6 Å². The molecule has 0 radical (unpaired) electrons. The average Bonchev–Trinajstić information content (AvgIpc) is 2.28. The van der Waals surface area contributed by atoms with Gasteiger partial charge in [0.05, 0.1) is 0 Å². The Balaban J connectivity index is 3.01. The van der Waals surface area contributed by atoms with Crippen molar-refractivity contribution in [1.29, 1.82) is 0 Å². The maximum atomic E-state index is 4.30. The number of hydrogen-bond acceptors (Lipinski definition) is 1. The molecular weight excluding hydrogens is 182 g/mol. The third-order valence-corrected chi connectivity index (χ3v) is 2.66. The Kier molecular flexibility index (Phi) is 4.29. The summed E-state index contributed by atoms with van der Waals surface area (Å²) < 4.78 is 0. The quantitative estimate of drug-likeness (QED) is 0.653. The largest absolute Gasteiger partial charge is 0.266 e. The molecule has 1 aromatic carbocycles. The first-order valence-corrected chi connectivity index (χ1v) is 5.44. The number of rotatable bonds is 3. The molecule has 15 heavy (non-hydrogen) atoms. The summed E-state index contributed by atoms with van der Waals surface area (Å²) in [6, 6.07) is 8.70. The van der Waals surface area contributed by atoms with E-state index in [0.29, 0.717) is 0 Å². The normalized spacial score (nSPS) is 13.1. The second-order valence-electron chi connectivity index (χ2n) is 3.65. The smallest absolute Gasteiger partial charge is 0.0403 e. The van der Waals surface area contributed by atoms with E-state index in [1.165, 1.54) is 16.7 Å². The van der Waals surface area contributed by atoms with E-state index in [2.05, 4.69) is 43.1 Å². The number of nitrogens with zero attached hydrogens (tertiary/aromatic N) is 1. The lowest BCUT2D eigenvalue weighted by Gasteiger charge is -2.05. The summed E-state index contributed by atoms with van der Waals surface area (Å²) in [6.45, 7) is 8.27. The van der Waals surface area contributed by atoms with Crippen LogP contribution in [-0.2, 0) is 6.42 Å². The van der Waals surface area contributed by atoms with Crippen molar-refractivity contribution in [3.8, 4) is 0 Å². The Morgan fingerprint density at radius 3 is 2.27 bits per heavy atom. The lowest BCUT2D eigenvalue weighted by molar-refractivity contribution is 1.14. The van der Waals surface area contributed by atoms with Crippen molar-refractivity contribution in [1.82, 2.24) is 0 Å². The molecule has 1 rings (SSSR count). The average molecular weight is 201 g/mol. The molecule has 0 aliphatic carbocycles. The number of aryl methyl sites for hydroxylation is 1. The highest BCUT2D eigenvalue weighted by Gasteiger charge is 1.99. The molecule has 0 saturated carbocycles. The van der Waals surface area contributed by atoms with Gasteiger partial charge in [0.2, 0.25) is 0 Å². The van der Waals surface area contributed by atoms with Gasteiger partial charge in [0.15, 0.2) is 0 Å². The molecule has 0 aliphatic heterocycles. The predicted octanol–water partition coefficient (Wildman–Crippen LogP) is 4.09. The maximum Gasteiger partial charge on any atom is 0.0403 e. The fourth-order valence-corrected chi connectivity index (χ4v) is 1.49. The number of hydrogen-bond donors (Lipinski definition) is 0. The van der Waals surface area contributed by atoms with Gasteiger partial charge < -0.3 is 0 Å². The molecule has 0 aliphatic rings. The van der Waals surface area contributed by atoms with Crippen LogP contribution in [0.2, 0.25) is 0 Å². The highest BCUT2D eigenvalue weighted by molar-refractivity contribution is 5.69. The summed E-state index contributed by atoms with van der Waals surface area (Å²) in [5.41, 5.74) is 4.97. The summed E-state index contributed by atoms with van der Waals surface area (Å²) in [4.78, 5) is 4.30. The highest BCUT2D eigenvalue weighted by atomic mass is 14.7. The fraction of sp³-hybridized carbons (Fsp3) is 0.357. The first kappa shape index (κ1) is 11.7. The molecular formula is C14H19N. The topological polar surface area (TPSA) is 12.4 Å². The van der Waals surface area contributed by atoms with Gasteiger partial charge in [-0.15, -0.1) is 0 Å². The van der Waals surface area contributed by atoms with Gasteiger partial charge >= 0.3 is 0 Å². The fourth-order valence-electron chi connectivity index (χ4n) is 1.49. The van der Waals surface area contributed by atoms with Crippen LogP contribution in [0.5, 0.6) is 0 Å². The molecule has 0 atom stereocenters. The van der Waals surface area contributed by atoms with E-state index in [1.807, 2.05) is 20.1 Å².